The van der Waals surface area contributed by atoms with E-state index >= 15 is 0 Å². The van der Waals surface area contributed by atoms with Gasteiger partial charge < -0.3 is 15.7 Å². The smallest absolute Gasteiger partial charge is 0.313 e. The summed E-state index contributed by atoms with van der Waals surface area (Å²) in [7, 11) is 0. The molecule has 1 aromatic rings. The molecule has 0 aliphatic rings. The van der Waals surface area contributed by atoms with Crippen LogP contribution in [-0.2, 0) is 9.59 Å². The number of aliphatic hydroxyl groups excluding tert-OH is 1. The molecule has 2 unspecified atom stereocenters. The number of carbonyl (C=O) groups excluding carboxylic acids is 2. The average Bonchev–Trinajstić information content (AvgIpc) is 2.35. The van der Waals surface area contributed by atoms with Gasteiger partial charge in [0.2, 0.25) is 0 Å². The topological polar surface area (TPSA) is 78.4 Å². The summed E-state index contributed by atoms with van der Waals surface area (Å²) in [6.07, 6.45) is 0.169. The van der Waals surface area contributed by atoms with E-state index in [1.54, 1.807) is 19.1 Å². The molecule has 0 aliphatic heterocycles. The maximum Gasteiger partial charge on any atom is 0.313 e. The van der Waals surface area contributed by atoms with Crippen molar-refractivity contribution in [3.05, 3.63) is 29.8 Å². The van der Waals surface area contributed by atoms with Gasteiger partial charge in [-0.25, -0.2) is 0 Å². The third kappa shape index (κ3) is 5.84. The number of carbonyl (C=O) groups is 2. The molecule has 2 atom stereocenters. The number of anilines is 1. The van der Waals surface area contributed by atoms with Crippen molar-refractivity contribution in [3.63, 3.8) is 0 Å². The quantitative estimate of drug-likeness (QED) is 0.713. The van der Waals surface area contributed by atoms with Crippen molar-refractivity contribution in [2.24, 2.45) is 5.92 Å². The Morgan fingerprint density at radius 1 is 1.25 bits per heavy atom. The van der Waals surface area contributed by atoms with Gasteiger partial charge in [-0.2, -0.15) is 0 Å². The van der Waals surface area contributed by atoms with Crippen LogP contribution in [0.25, 0.3) is 0 Å². The molecule has 110 valence electrons. The van der Waals surface area contributed by atoms with E-state index in [0.717, 1.165) is 5.56 Å². The number of aliphatic hydroxyl groups is 1. The van der Waals surface area contributed by atoms with Gasteiger partial charge in [-0.3, -0.25) is 9.59 Å². The van der Waals surface area contributed by atoms with Crippen LogP contribution in [0.15, 0.2) is 24.3 Å². The zero-order chi connectivity index (χ0) is 15.1. The molecular formula is C15H22N2O3. The van der Waals surface area contributed by atoms with Gasteiger partial charge in [-0.05, 0) is 43.9 Å². The highest BCUT2D eigenvalue weighted by Crippen LogP contribution is 2.09. The Morgan fingerprint density at radius 3 is 2.55 bits per heavy atom. The van der Waals surface area contributed by atoms with Crippen molar-refractivity contribution in [1.29, 1.82) is 0 Å². The van der Waals surface area contributed by atoms with Gasteiger partial charge in [0, 0.05) is 12.2 Å². The van der Waals surface area contributed by atoms with Crippen LogP contribution in [0.1, 0.15) is 25.8 Å². The first-order chi connectivity index (χ1) is 9.38. The van der Waals surface area contributed by atoms with Crippen LogP contribution in [0.3, 0.4) is 0 Å². The van der Waals surface area contributed by atoms with Crippen molar-refractivity contribution in [2.75, 3.05) is 11.9 Å². The fourth-order valence-electron chi connectivity index (χ4n) is 1.92. The zero-order valence-corrected chi connectivity index (χ0v) is 12.1. The van der Waals surface area contributed by atoms with Gasteiger partial charge in [0.1, 0.15) is 0 Å². The summed E-state index contributed by atoms with van der Waals surface area (Å²) in [5.74, 6) is -1.23. The highest BCUT2D eigenvalue weighted by Gasteiger charge is 2.15. The summed E-state index contributed by atoms with van der Waals surface area (Å²) in [4.78, 5) is 23.3. The average molecular weight is 278 g/mol. The van der Waals surface area contributed by atoms with Gasteiger partial charge in [0.05, 0.1) is 6.10 Å². The van der Waals surface area contributed by atoms with Gasteiger partial charge >= 0.3 is 11.8 Å². The molecule has 2 amide bonds. The third-order valence-electron chi connectivity index (χ3n) is 2.84. The summed E-state index contributed by atoms with van der Waals surface area (Å²) in [5.41, 5.74) is 1.61. The van der Waals surface area contributed by atoms with Gasteiger partial charge in [0.25, 0.3) is 0 Å². The van der Waals surface area contributed by atoms with Crippen molar-refractivity contribution < 1.29 is 14.7 Å². The summed E-state index contributed by atoms with van der Waals surface area (Å²) in [5, 5.41) is 14.3. The first-order valence-electron chi connectivity index (χ1n) is 6.72. The highest BCUT2D eigenvalue weighted by molar-refractivity contribution is 6.39. The third-order valence-corrected chi connectivity index (χ3v) is 2.84. The number of benzene rings is 1. The van der Waals surface area contributed by atoms with Crippen LogP contribution in [0.5, 0.6) is 0 Å². The molecular weight excluding hydrogens is 256 g/mol. The largest absolute Gasteiger partial charge is 0.393 e. The second kappa shape index (κ2) is 7.65. The minimum absolute atomic E-state index is 0.116. The molecule has 0 saturated carbocycles. The van der Waals surface area contributed by atoms with Crippen LogP contribution in [-0.4, -0.2) is 29.6 Å². The lowest BCUT2D eigenvalue weighted by Crippen LogP contribution is -2.38. The van der Waals surface area contributed by atoms with E-state index in [1.807, 2.05) is 26.0 Å². The van der Waals surface area contributed by atoms with E-state index in [-0.39, 0.29) is 5.92 Å². The van der Waals surface area contributed by atoms with E-state index in [9.17, 15) is 14.7 Å². The van der Waals surface area contributed by atoms with Gasteiger partial charge in [-0.1, -0.05) is 19.1 Å². The molecule has 1 aromatic carbocycles. The molecule has 0 bridgehead atoms. The Morgan fingerprint density at radius 2 is 1.95 bits per heavy atom. The molecule has 0 saturated heterocycles. The molecule has 5 heteroatoms. The lowest BCUT2D eigenvalue weighted by Gasteiger charge is -2.14. The summed E-state index contributed by atoms with van der Waals surface area (Å²) in [6, 6.07) is 7.25. The van der Waals surface area contributed by atoms with E-state index < -0.39 is 17.9 Å². The maximum atomic E-state index is 11.7. The molecule has 0 heterocycles. The van der Waals surface area contributed by atoms with Crippen LogP contribution in [0, 0.1) is 12.8 Å². The van der Waals surface area contributed by atoms with Crippen molar-refractivity contribution in [3.8, 4) is 0 Å². The fraction of sp³-hybridized carbons (Fsp3) is 0.467. The molecule has 0 aromatic heterocycles. The monoisotopic (exact) mass is 278 g/mol. The molecule has 5 nitrogen and oxygen atoms in total. The first kappa shape index (κ1) is 16.2. The molecule has 0 spiro atoms. The van der Waals surface area contributed by atoms with E-state index in [4.69, 9.17) is 0 Å². The minimum atomic E-state index is -0.681. The minimum Gasteiger partial charge on any atom is -0.393 e. The number of amides is 2. The normalized spacial score (nSPS) is 13.4. The number of hydrogen-bond donors (Lipinski definition) is 3. The van der Waals surface area contributed by atoms with Crippen molar-refractivity contribution in [1.82, 2.24) is 5.32 Å². The Kier molecular flexibility index (Phi) is 6.18. The summed E-state index contributed by atoms with van der Waals surface area (Å²) >= 11 is 0. The number of aryl methyl sites for hydroxylation is 1. The van der Waals surface area contributed by atoms with Crippen LogP contribution < -0.4 is 10.6 Å². The SMILES string of the molecule is Cc1cccc(NC(=O)C(=O)NCC(C)CC(C)O)c1. The van der Waals surface area contributed by atoms with E-state index in [2.05, 4.69) is 10.6 Å². The number of nitrogens with one attached hydrogen (secondary N) is 2. The van der Waals surface area contributed by atoms with Gasteiger partial charge in [-0.15, -0.1) is 0 Å². The summed E-state index contributed by atoms with van der Waals surface area (Å²) in [6.45, 7) is 5.88. The van der Waals surface area contributed by atoms with E-state index in [1.165, 1.54) is 0 Å². The molecule has 0 aliphatic carbocycles. The Bertz CT molecular complexity index is 472. The zero-order valence-electron chi connectivity index (χ0n) is 12.1. The summed E-state index contributed by atoms with van der Waals surface area (Å²) < 4.78 is 0. The van der Waals surface area contributed by atoms with Crippen LogP contribution in [0.4, 0.5) is 5.69 Å². The highest BCUT2D eigenvalue weighted by atomic mass is 16.3. The Hall–Kier alpha value is -1.88. The molecule has 0 radical (unpaired) electrons. The molecule has 1 rings (SSSR count). The van der Waals surface area contributed by atoms with Crippen molar-refractivity contribution in [2.45, 2.75) is 33.3 Å². The lowest BCUT2D eigenvalue weighted by atomic mass is 10.0. The number of hydrogen-bond acceptors (Lipinski definition) is 3. The predicted octanol–water partition coefficient (Wildman–Crippen LogP) is 1.46. The molecule has 0 fully saturated rings. The van der Waals surface area contributed by atoms with Gasteiger partial charge in [0.15, 0.2) is 0 Å². The second-order valence-electron chi connectivity index (χ2n) is 5.22. The lowest BCUT2D eigenvalue weighted by molar-refractivity contribution is -0.136. The first-order valence-corrected chi connectivity index (χ1v) is 6.72. The fourth-order valence-corrected chi connectivity index (χ4v) is 1.92. The maximum absolute atomic E-state index is 11.7. The Balaban J connectivity index is 2.42. The Labute approximate surface area is 119 Å². The molecule has 20 heavy (non-hydrogen) atoms. The standard InChI is InChI=1S/C15H22N2O3/c1-10-5-4-6-13(8-10)17-15(20)14(19)16-9-11(2)7-12(3)18/h4-6,8,11-12,18H,7,9H2,1-3H3,(H,16,19)(H,17,20). The van der Waals surface area contributed by atoms with E-state index in [0.29, 0.717) is 18.7 Å². The number of rotatable bonds is 5. The van der Waals surface area contributed by atoms with Crippen molar-refractivity contribution >= 4 is 17.5 Å². The predicted molar refractivity (Wildman–Crippen MR) is 78.3 cm³/mol. The molecule has 3 N–H and O–H groups in total. The van der Waals surface area contributed by atoms with Crippen LogP contribution >= 0.6 is 0 Å². The second-order valence-corrected chi connectivity index (χ2v) is 5.22. The van der Waals surface area contributed by atoms with Crippen LogP contribution in [0.2, 0.25) is 0 Å².